The average Bonchev–Trinajstić information content (AvgIpc) is 2.85. The molecular formula is C14H29N3O. The van der Waals surface area contributed by atoms with Gasteiger partial charge in [0.2, 0.25) is 5.91 Å². The van der Waals surface area contributed by atoms with Gasteiger partial charge in [-0.15, -0.1) is 0 Å². The number of hydrogen-bond acceptors (Lipinski definition) is 3. The van der Waals surface area contributed by atoms with E-state index in [1.807, 2.05) is 0 Å². The predicted molar refractivity (Wildman–Crippen MR) is 75.3 cm³/mol. The summed E-state index contributed by atoms with van der Waals surface area (Å²) in [4.78, 5) is 14.7. The first-order valence-electron chi connectivity index (χ1n) is 7.31. The zero-order valence-corrected chi connectivity index (χ0v) is 12.2. The first-order chi connectivity index (χ1) is 8.57. The van der Waals surface area contributed by atoms with E-state index in [4.69, 9.17) is 5.73 Å². The lowest BCUT2D eigenvalue weighted by Crippen LogP contribution is -2.50. The maximum atomic E-state index is 12.4. The van der Waals surface area contributed by atoms with Crippen molar-refractivity contribution >= 4 is 5.91 Å². The molecule has 1 saturated carbocycles. The van der Waals surface area contributed by atoms with Crippen molar-refractivity contribution in [2.45, 2.75) is 52.5 Å². The maximum absolute atomic E-state index is 12.4. The molecule has 0 aromatic heterocycles. The van der Waals surface area contributed by atoms with Gasteiger partial charge in [0.15, 0.2) is 0 Å². The Morgan fingerprint density at radius 1 is 1.33 bits per heavy atom. The van der Waals surface area contributed by atoms with Crippen molar-refractivity contribution in [2.75, 3.05) is 26.2 Å². The molecule has 0 heterocycles. The van der Waals surface area contributed by atoms with Crippen molar-refractivity contribution in [1.29, 1.82) is 0 Å². The molecule has 0 radical (unpaired) electrons. The monoisotopic (exact) mass is 255 g/mol. The van der Waals surface area contributed by atoms with Gasteiger partial charge >= 0.3 is 0 Å². The van der Waals surface area contributed by atoms with E-state index in [0.29, 0.717) is 6.54 Å². The van der Waals surface area contributed by atoms with Gasteiger partial charge in [-0.3, -0.25) is 4.79 Å². The minimum atomic E-state index is -0.280. The van der Waals surface area contributed by atoms with Crippen molar-refractivity contribution in [3.63, 3.8) is 0 Å². The van der Waals surface area contributed by atoms with E-state index in [-0.39, 0.29) is 17.4 Å². The molecule has 1 aliphatic rings. The summed E-state index contributed by atoms with van der Waals surface area (Å²) >= 11 is 0. The van der Waals surface area contributed by atoms with Gasteiger partial charge in [-0.25, -0.2) is 0 Å². The minimum absolute atomic E-state index is 0.169. The number of nitrogens with zero attached hydrogens (tertiary/aromatic N) is 1. The molecule has 1 unspecified atom stereocenters. The Morgan fingerprint density at radius 3 is 2.33 bits per heavy atom. The van der Waals surface area contributed by atoms with E-state index in [1.165, 1.54) is 0 Å². The van der Waals surface area contributed by atoms with E-state index in [2.05, 4.69) is 31.0 Å². The van der Waals surface area contributed by atoms with Crippen molar-refractivity contribution in [1.82, 2.24) is 10.2 Å². The average molecular weight is 255 g/mol. The Bertz CT molecular complexity index is 258. The lowest BCUT2D eigenvalue weighted by atomic mass is 9.85. The van der Waals surface area contributed by atoms with Crippen LogP contribution < -0.4 is 11.1 Å². The van der Waals surface area contributed by atoms with Crippen LogP contribution in [0.4, 0.5) is 0 Å². The number of carbonyl (C=O) groups is 1. The number of nitrogens with two attached hydrogens (primary N) is 1. The largest absolute Gasteiger partial charge is 0.352 e. The molecule has 0 aliphatic heterocycles. The Hall–Kier alpha value is -0.610. The van der Waals surface area contributed by atoms with Gasteiger partial charge in [0.1, 0.15) is 0 Å². The number of hydrogen-bond donors (Lipinski definition) is 2. The molecule has 1 atom stereocenters. The Morgan fingerprint density at radius 2 is 1.89 bits per heavy atom. The lowest BCUT2D eigenvalue weighted by Gasteiger charge is -2.30. The topological polar surface area (TPSA) is 58.4 Å². The Kier molecular flexibility index (Phi) is 6.09. The highest BCUT2D eigenvalue weighted by atomic mass is 16.2. The van der Waals surface area contributed by atoms with E-state index >= 15 is 0 Å². The van der Waals surface area contributed by atoms with E-state index < -0.39 is 0 Å². The molecule has 0 saturated heterocycles. The number of rotatable bonds is 7. The fraction of sp³-hybridized carbons (Fsp3) is 0.929. The summed E-state index contributed by atoms with van der Waals surface area (Å²) < 4.78 is 0. The molecule has 3 N–H and O–H groups in total. The molecule has 1 aliphatic carbocycles. The summed E-state index contributed by atoms with van der Waals surface area (Å²) in [6.45, 7) is 9.83. The van der Waals surface area contributed by atoms with E-state index in [9.17, 15) is 4.79 Å². The standard InChI is InChI=1S/C14H29N3O/c1-4-17(5-2)10-12(3)16-13(18)14(11-15)8-6-7-9-14/h12H,4-11,15H2,1-3H3,(H,16,18). The molecule has 18 heavy (non-hydrogen) atoms. The molecule has 0 bridgehead atoms. The molecule has 0 aromatic rings. The normalized spacial score (nSPS) is 20.1. The molecular weight excluding hydrogens is 226 g/mol. The van der Waals surface area contributed by atoms with Crippen LogP contribution in [-0.2, 0) is 4.79 Å². The molecule has 0 spiro atoms. The third-order valence-electron chi connectivity index (χ3n) is 4.24. The predicted octanol–water partition coefficient (Wildman–Crippen LogP) is 1.35. The van der Waals surface area contributed by atoms with Gasteiger partial charge < -0.3 is 16.0 Å². The van der Waals surface area contributed by atoms with Gasteiger partial charge in [-0.05, 0) is 32.9 Å². The van der Waals surface area contributed by atoms with E-state index in [0.717, 1.165) is 45.3 Å². The van der Waals surface area contributed by atoms with Gasteiger partial charge in [0.25, 0.3) is 0 Å². The zero-order chi connectivity index (χ0) is 13.6. The van der Waals surface area contributed by atoms with Crippen LogP contribution in [0, 0.1) is 5.41 Å². The molecule has 1 fully saturated rings. The number of nitrogens with one attached hydrogen (secondary N) is 1. The van der Waals surface area contributed by atoms with Crippen LogP contribution in [0.3, 0.4) is 0 Å². The molecule has 1 amide bonds. The summed E-state index contributed by atoms with van der Waals surface area (Å²) in [6, 6.07) is 0.196. The second-order valence-corrected chi connectivity index (χ2v) is 5.55. The van der Waals surface area contributed by atoms with Gasteiger partial charge in [-0.2, -0.15) is 0 Å². The molecule has 106 valence electrons. The number of carbonyl (C=O) groups excluding carboxylic acids is 1. The summed E-state index contributed by atoms with van der Waals surface area (Å²) in [6.07, 6.45) is 4.17. The van der Waals surface area contributed by atoms with Crippen LogP contribution in [0.5, 0.6) is 0 Å². The first-order valence-corrected chi connectivity index (χ1v) is 7.31. The first kappa shape index (κ1) is 15.4. The van der Waals surface area contributed by atoms with Crippen molar-refractivity contribution in [2.24, 2.45) is 11.1 Å². The third-order valence-corrected chi connectivity index (χ3v) is 4.24. The van der Waals surface area contributed by atoms with Crippen LogP contribution >= 0.6 is 0 Å². The summed E-state index contributed by atoms with van der Waals surface area (Å²) in [7, 11) is 0. The van der Waals surface area contributed by atoms with Crippen molar-refractivity contribution in [3.8, 4) is 0 Å². The zero-order valence-electron chi connectivity index (χ0n) is 12.2. The lowest BCUT2D eigenvalue weighted by molar-refractivity contribution is -0.131. The summed E-state index contributed by atoms with van der Waals surface area (Å²) in [5, 5.41) is 3.15. The highest BCUT2D eigenvalue weighted by Gasteiger charge is 2.40. The number of amides is 1. The second kappa shape index (κ2) is 7.10. The third kappa shape index (κ3) is 3.69. The van der Waals surface area contributed by atoms with Crippen molar-refractivity contribution < 1.29 is 4.79 Å². The highest BCUT2D eigenvalue weighted by molar-refractivity contribution is 5.83. The molecule has 1 rings (SSSR count). The van der Waals surface area contributed by atoms with Gasteiger partial charge in [0, 0.05) is 19.1 Å². The van der Waals surface area contributed by atoms with E-state index in [1.54, 1.807) is 0 Å². The smallest absolute Gasteiger partial charge is 0.227 e. The quantitative estimate of drug-likeness (QED) is 0.722. The van der Waals surface area contributed by atoms with Crippen LogP contribution in [0.15, 0.2) is 0 Å². The van der Waals surface area contributed by atoms with Crippen molar-refractivity contribution in [3.05, 3.63) is 0 Å². The maximum Gasteiger partial charge on any atom is 0.227 e. The van der Waals surface area contributed by atoms with Crippen LogP contribution in [0.25, 0.3) is 0 Å². The van der Waals surface area contributed by atoms with Crippen LogP contribution in [-0.4, -0.2) is 43.0 Å². The molecule has 4 nitrogen and oxygen atoms in total. The fourth-order valence-electron chi connectivity index (χ4n) is 2.87. The minimum Gasteiger partial charge on any atom is -0.352 e. The Balaban J connectivity index is 2.48. The highest BCUT2D eigenvalue weighted by Crippen LogP contribution is 2.37. The SMILES string of the molecule is CCN(CC)CC(C)NC(=O)C1(CN)CCCC1. The fourth-order valence-corrected chi connectivity index (χ4v) is 2.87. The van der Waals surface area contributed by atoms with Gasteiger partial charge in [-0.1, -0.05) is 26.7 Å². The number of likely N-dealkylation sites (N-methyl/N-ethyl adjacent to an activating group) is 1. The summed E-state index contributed by atoms with van der Waals surface area (Å²) in [5.41, 5.74) is 5.55. The van der Waals surface area contributed by atoms with Crippen LogP contribution in [0.1, 0.15) is 46.5 Å². The van der Waals surface area contributed by atoms with Crippen LogP contribution in [0.2, 0.25) is 0 Å². The van der Waals surface area contributed by atoms with Gasteiger partial charge in [0.05, 0.1) is 5.41 Å². The summed E-state index contributed by atoms with van der Waals surface area (Å²) in [5.74, 6) is 0.169. The molecule has 0 aromatic carbocycles. The molecule has 4 heteroatoms. The Labute approximate surface area is 111 Å². The second-order valence-electron chi connectivity index (χ2n) is 5.55.